The molecule has 0 aromatic carbocycles. The van der Waals surface area contributed by atoms with Crippen molar-refractivity contribution in [2.24, 2.45) is 0 Å². The molecule has 1 fully saturated rings. The van der Waals surface area contributed by atoms with Crippen LogP contribution < -0.4 is 0 Å². The van der Waals surface area contributed by atoms with Gasteiger partial charge in [-0.05, 0) is 6.92 Å². The Hall–Kier alpha value is -1.18. The van der Waals surface area contributed by atoms with Gasteiger partial charge in [0.05, 0.1) is 6.10 Å². The first-order valence-corrected chi connectivity index (χ1v) is 5.57. The van der Waals surface area contributed by atoms with E-state index in [2.05, 4.69) is 0 Å². The summed E-state index contributed by atoms with van der Waals surface area (Å²) in [4.78, 5) is 22.0. The van der Waals surface area contributed by atoms with Crippen LogP contribution in [-0.2, 0) is 28.5 Å². The van der Waals surface area contributed by atoms with Gasteiger partial charge >= 0.3 is 11.9 Å². The third-order valence-electron chi connectivity index (χ3n) is 2.62. The standard InChI is InChI=1S/C11H18O7/c1-5-8(17-6(2)12)9(15-4)10(11(14)16-5)18-7(3)13/h5,8-11,14H,1-4H3/t5-,8-,9+,10-,11-/m1/s1. The molecule has 0 aromatic heterocycles. The highest BCUT2D eigenvalue weighted by atomic mass is 16.7. The largest absolute Gasteiger partial charge is 0.457 e. The van der Waals surface area contributed by atoms with E-state index >= 15 is 0 Å². The molecule has 5 atom stereocenters. The summed E-state index contributed by atoms with van der Waals surface area (Å²) >= 11 is 0. The number of ether oxygens (including phenoxy) is 4. The third-order valence-corrected chi connectivity index (χ3v) is 2.62. The molecule has 0 bridgehead atoms. The molecule has 0 amide bonds. The van der Waals surface area contributed by atoms with Gasteiger partial charge in [0.1, 0.15) is 6.10 Å². The second kappa shape index (κ2) is 6.12. The van der Waals surface area contributed by atoms with Gasteiger partial charge in [0.15, 0.2) is 18.5 Å². The lowest BCUT2D eigenvalue weighted by atomic mass is 9.99. The monoisotopic (exact) mass is 262 g/mol. The third kappa shape index (κ3) is 3.41. The number of esters is 2. The molecule has 1 heterocycles. The Morgan fingerprint density at radius 3 is 2.00 bits per heavy atom. The van der Waals surface area contributed by atoms with Crippen molar-refractivity contribution in [2.45, 2.75) is 51.5 Å². The van der Waals surface area contributed by atoms with Gasteiger partial charge in [0, 0.05) is 21.0 Å². The van der Waals surface area contributed by atoms with E-state index in [1.54, 1.807) is 6.92 Å². The van der Waals surface area contributed by atoms with Crippen molar-refractivity contribution in [1.82, 2.24) is 0 Å². The molecule has 1 aliphatic heterocycles. The van der Waals surface area contributed by atoms with Crippen LogP contribution in [0, 0.1) is 0 Å². The molecule has 0 aliphatic carbocycles. The maximum absolute atomic E-state index is 11.0. The average molecular weight is 262 g/mol. The number of methoxy groups -OCH3 is 1. The molecule has 1 aliphatic rings. The Kier molecular flexibility index (Phi) is 5.06. The lowest BCUT2D eigenvalue weighted by Crippen LogP contribution is -2.59. The molecule has 0 radical (unpaired) electrons. The first-order chi connectivity index (χ1) is 8.36. The van der Waals surface area contributed by atoms with Crippen molar-refractivity contribution in [3.63, 3.8) is 0 Å². The smallest absolute Gasteiger partial charge is 0.303 e. The fraction of sp³-hybridized carbons (Fsp3) is 0.818. The molecule has 0 spiro atoms. The zero-order valence-electron chi connectivity index (χ0n) is 10.8. The molecule has 1 rings (SSSR count). The minimum absolute atomic E-state index is 0.504. The summed E-state index contributed by atoms with van der Waals surface area (Å²) < 4.78 is 20.3. The van der Waals surface area contributed by atoms with Crippen LogP contribution in [0.25, 0.3) is 0 Å². The van der Waals surface area contributed by atoms with Crippen molar-refractivity contribution < 1.29 is 33.6 Å². The zero-order chi connectivity index (χ0) is 13.9. The van der Waals surface area contributed by atoms with Crippen LogP contribution in [-0.4, -0.2) is 54.9 Å². The number of rotatable bonds is 3. The van der Waals surface area contributed by atoms with Gasteiger partial charge in [0.25, 0.3) is 0 Å². The maximum Gasteiger partial charge on any atom is 0.303 e. The Balaban J connectivity index is 2.88. The van der Waals surface area contributed by atoms with Gasteiger partial charge in [-0.25, -0.2) is 0 Å². The van der Waals surface area contributed by atoms with Crippen molar-refractivity contribution >= 4 is 11.9 Å². The molecular weight excluding hydrogens is 244 g/mol. The van der Waals surface area contributed by atoms with Crippen LogP contribution in [0.2, 0.25) is 0 Å². The van der Waals surface area contributed by atoms with E-state index in [1.165, 1.54) is 21.0 Å². The van der Waals surface area contributed by atoms with Crippen LogP contribution >= 0.6 is 0 Å². The fourth-order valence-corrected chi connectivity index (χ4v) is 1.93. The number of carbonyl (C=O) groups is 2. The van der Waals surface area contributed by atoms with E-state index in [4.69, 9.17) is 18.9 Å². The van der Waals surface area contributed by atoms with Crippen molar-refractivity contribution in [3.05, 3.63) is 0 Å². The summed E-state index contributed by atoms with van der Waals surface area (Å²) in [7, 11) is 1.38. The van der Waals surface area contributed by atoms with Gasteiger partial charge in [-0.15, -0.1) is 0 Å². The quantitative estimate of drug-likeness (QED) is 0.692. The highest BCUT2D eigenvalue weighted by Crippen LogP contribution is 2.26. The molecule has 1 saturated heterocycles. The second-order valence-corrected chi connectivity index (χ2v) is 4.08. The molecule has 7 heteroatoms. The van der Waals surface area contributed by atoms with Gasteiger partial charge in [-0.3, -0.25) is 9.59 Å². The molecule has 1 N–H and O–H groups in total. The Morgan fingerprint density at radius 2 is 1.56 bits per heavy atom. The predicted molar refractivity (Wildman–Crippen MR) is 58.5 cm³/mol. The van der Waals surface area contributed by atoms with Gasteiger partial charge in [-0.1, -0.05) is 0 Å². The highest BCUT2D eigenvalue weighted by Gasteiger charge is 2.47. The van der Waals surface area contributed by atoms with Crippen molar-refractivity contribution in [1.29, 1.82) is 0 Å². The summed E-state index contributed by atoms with van der Waals surface area (Å²) in [5.74, 6) is -1.09. The van der Waals surface area contributed by atoms with E-state index in [1.807, 2.05) is 0 Å². The summed E-state index contributed by atoms with van der Waals surface area (Å²) in [5, 5.41) is 9.72. The summed E-state index contributed by atoms with van der Waals surface area (Å²) in [6.07, 6.45) is -4.45. The normalized spacial score (nSPS) is 35.9. The van der Waals surface area contributed by atoms with Gasteiger partial charge < -0.3 is 24.1 Å². The Morgan fingerprint density at radius 1 is 1.06 bits per heavy atom. The summed E-state index contributed by atoms with van der Waals surface area (Å²) in [5.41, 5.74) is 0. The molecule has 0 saturated carbocycles. The predicted octanol–water partition coefficient (Wildman–Crippen LogP) is -0.398. The Bertz CT molecular complexity index is 289. The van der Waals surface area contributed by atoms with Crippen LogP contribution in [0.3, 0.4) is 0 Å². The first-order valence-electron chi connectivity index (χ1n) is 5.57. The fourth-order valence-electron chi connectivity index (χ4n) is 1.93. The zero-order valence-corrected chi connectivity index (χ0v) is 10.8. The van der Waals surface area contributed by atoms with Crippen LogP contribution in [0.1, 0.15) is 20.8 Å². The molecule has 0 unspecified atom stereocenters. The minimum atomic E-state index is -1.32. The highest BCUT2D eigenvalue weighted by molar-refractivity contribution is 5.67. The molecule has 7 nitrogen and oxygen atoms in total. The van der Waals surface area contributed by atoms with E-state index in [9.17, 15) is 14.7 Å². The van der Waals surface area contributed by atoms with E-state index in [0.717, 1.165) is 0 Å². The number of aliphatic hydroxyl groups excluding tert-OH is 1. The molecular formula is C11H18O7. The number of hydrogen-bond donors (Lipinski definition) is 1. The van der Waals surface area contributed by atoms with E-state index < -0.39 is 42.6 Å². The first kappa shape index (κ1) is 14.9. The SMILES string of the molecule is CO[C@@H]1[C@@H](OC(C)=O)[C@H](O)O[C@H](C)[C@H]1OC(C)=O. The number of carbonyl (C=O) groups excluding carboxylic acids is 2. The second-order valence-electron chi connectivity index (χ2n) is 4.08. The molecule has 0 aromatic rings. The van der Waals surface area contributed by atoms with Crippen molar-refractivity contribution in [3.8, 4) is 0 Å². The van der Waals surface area contributed by atoms with Gasteiger partial charge in [-0.2, -0.15) is 0 Å². The average Bonchev–Trinajstić information content (AvgIpc) is 2.24. The minimum Gasteiger partial charge on any atom is -0.457 e. The lowest BCUT2D eigenvalue weighted by molar-refractivity contribution is -0.289. The summed E-state index contributed by atoms with van der Waals surface area (Å²) in [6, 6.07) is 0. The van der Waals surface area contributed by atoms with E-state index in [0.29, 0.717) is 0 Å². The Labute approximate surface area is 105 Å². The number of hydrogen-bond acceptors (Lipinski definition) is 7. The maximum atomic E-state index is 11.0. The van der Waals surface area contributed by atoms with Crippen LogP contribution in [0.5, 0.6) is 0 Å². The van der Waals surface area contributed by atoms with Crippen molar-refractivity contribution in [2.75, 3.05) is 7.11 Å². The lowest BCUT2D eigenvalue weighted by Gasteiger charge is -2.41. The topological polar surface area (TPSA) is 91.3 Å². The van der Waals surface area contributed by atoms with E-state index in [-0.39, 0.29) is 0 Å². The molecule has 104 valence electrons. The number of aliphatic hydroxyl groups is 1. The molecule has 18 heavy (non-hydrogen) atoms. The van der Waals surface area contributed by atoms with Crippen LogP contribution in [0.4, 0.5) is 0 Å². The van der Waals surface area contributed by atoms with Gasteiger partial charge in [0.2, 0.25) is 0 Å². The summed E-state index contributed by atoms with van der Waals surface area (Å²) in [6.45, 7) is 4.09. The van der Waals surface area contributed by atoms with Crippen LogP contribution in [0.15, 0.2) is 0 Å².